The highest BCUT2D eigenvalue weighted by Gasteiger charge is 2.26. The number of benzene rings is 3. The van der Waals surface area contributed by atoms with Gasteiger partial charge in [0, 0.05) is 25.2 Å². The molecule has 0 fully saturated rings. The largest absolute Gasteiger partial charge is 0.321 e. The molecule has 0 aliphatic heterocycles. The van der Waals surface area contributed by atoms with E-state index in [1.54, 1.807) is 0 Å². The lowest BCUT2D eigenvalue weighted by molar-refractivity contribution is 0.160. The number of H-pyrrole nitrogens is 1. The van der Waals surface area contributed by atoms with E-state index in [2.05, 4.69) is 94.7 Å². The molecule has 0 saturated heterocycles. The normalized spacial score (nSPS) is 12.3. The molecule has 0 radical (unpaired) electrons. The highest BCUT2D eigenvalue weighted by Crippen LogP contribution is 2.27. The van der Waals surface area contributed by atoms with Crippen LogP contribution in [0.4, 0.5) is 0 Å². The Balaban J connectivity index is 1.48. The maximum absolute atomic E-state index is 13.3. The number of nitrogens with zero attached hydrogens (tertiary/aromatic N) is 5. The van der Waals surface area contributed by atoms with Crippen LogP contribution in [0.2, 0.25) is 0 Å². The van der Waals surface area contributed by atoms with E-state index in [1.807, 2.05) is 35.0 Å². The van der Waals surface area contributed by atoms with Crippen LogP contribution in [-0.2, 0) is 26.1 Å². The summed E-state index contributed by atoms with van der Waals surface area (Å²) in [7, 11) is 0. The molecule has 7 nitrogen and oxygen atoms in total. The van der Waals surface area contributed by atoms with Gasteiger partial charge in [-0.2, -0.15) is 0 Å². The molecular formula is C31H34N6O. The summed E-state index contributed by atoms with van der Waals surface area (Å²) < 4.78 is 1.91. The molecule has 3 aromatic carbocycles. The molecule has 0 spiro atoms. The van der Waals surface area contributed by atoms with E-state index >= 15 is 0 Å². The van der Waals surface area contributed by atoms with Crippen LogP contribution < -0.4 is 5.56 Å². The Morgan fingerprint density at radius 2 is 1.63 bits per heavy atom. The molecule has 1 N–H and O–H groups in total. The molecule has 38 heavy (non-hydrogen) atoms. The van der Waals surface area contributed by atoms with Crippen LogP contribution in [0.1, 0.15) is 53.0 Å². The van der Waals surface area contributed by atoms with E-state index in [0.717, 1.165) is 40.7 Å². The van der Waals surface area contributed by atoms with Gasteiger partial charge in [0.15, 0.2) is 5.82 Å². The second-order valence-corrected chi connectivity index (χ2v) is 9.91. The van der Waals surface area contributed by atoms with Crippen molar-refractivity contribution >= 4 is 10.9 Å². The summed E-state index contributed by atoms with van der Waals surface area (Å²) in [5.41, 5.74) is 6.29. The van der Waals surface area contributed by atoms with Crippen molar-refractivity contribution in [3.63, 3.8) is 0 Å². The van der Waals surface area contributed by atoms with E-state index < -0.39 is 0 Å². The number of tetrazole rings is 1. The molecule has 0 bridgehead atoms. The van der Waals surface area contributed by atoms with Crippen molar-refractivity contribution in [3.05, 3.63) is 123 Å². The predicted octanol–water partition coefficient (Wildman–Crippen LogP) is 5.53. The molecule has 5 aromatic rings. The SMILES string of the molecule is CC[C@@H](c1nnnn1CCc1ccccc1)N(Cc1ccccc1)Cc1cc2ccc(C)c(C)c2[nH]c1=O. The highest BCUT2D eigenvalue weighted by molar-refractivity contribution is 5.83. The summed E-state index contributed by atoms with van der Waals surface area (Å²) >= 11 is 0. The Kier molecular flexibility index (Phi) is 7.75. The lowest BCUT2D eigenvalue weighted by Crippen LogP contribution is -2.32. The van der Waals surface area contributed by atoms with Gasteiger partial charge in [0.25, 0.3) is 5.56 Å². The minimum Gasteiger partial charge on any atom is -0.321 e. The fraction of sp³-hybridized carbons (Fsp3) is 0.290. The Morgan fingerprint density at radius 1 is 0.921 bits per heavy atom. The van der Waals surface area contributed by atoms with Crippen LogP contribution in [0.3, 0.4) is 0 Å². The van der Waals surface area contributed by atoms with Gasteiger partial charge in [-0.1, -0.05) is 79.7 Å². The molecule has 194 valence electrons. The third-order valence-electron chi connectivity index (χ3n) is 7.37. The molecule has 0 aliphatic carbocycles. The zero-order chi connectivity index (χ0) is 26.5. The van der Waals surface area contributed by atoms with E-state index in [4.69, 9.17) is 0 Å². The van der Waals surface area contributed by atoms with Gasteiger partial charge in [-0.25, -0.2) is 4.68 Å². The van der Waals surface area contributed by atoms with Crippen LogP contribution in [0.5, 0.6) is 0 Å². The Morgan fingerprint density at radius 3 is 2.34 bits per heavy atom. The van der Waals surface area contributed by atoms with Gasteiger partial charge >= 0.3 is 0 Å². The number of rotatable bonds is 10. The monoisotopic (exact) mass is 506 g/mol. The van der Waals surface area contributed by atoms with E-state index in [-0.39, 0.29) is 11.6 Å². The van der Waals surface area contributed by atoms with Gasteiger partial charge in [-0.15, -0.1) is 5.10 Å². The van der Waals surface area contributed by atoms with Crippen LogP contribution in [0.25, 0.3) is 10.9 Å². The predicted molar refractivity (Wildman–Crippen MR) is 151 cm³/mol. The summed E-state index contributed by atoms with van der Waals surface area (Å²) in [5, 5.41) is 13.9. The molecule has 1 atom stereocenters. The van der Waals surface area contributed by atoms with Crippen molar-refractivity contribution in [2.24, 2.45) is 0 Å². The third-order valence-corrected chi connectivity index (χ3v) is 7.37. The minimum atomic E-state index is -0.0594. The van der Waals surface area contributed by atoms with Crippen LogP contribution >= 0.6 is 0 Å². The second-order valence-electron chi connectivity index (χ2n) is 9.91. The van der Waals surface area contributed by atoms with Crippen molar-refractivity contribution in [1.82, 2.24) is 30.1 Å². The summed E-state index contributed by atoms with van der Waals surface area (Å²) in [6.07, 6.45) is 1.65. The van der Waals surface area contributed by atoms with Gasteiger partial charge in [-0.3, -0.25) is 9.69 Å². The number of fused-ring (bicyclic) bond motifs is 1. The topological polar surface area (TPSA) is 79.7 Å². The number of aromatic amines is 1. The van der Waals surface area contributed by atoms with Gasteiger partial charge in [-0.05, 0) is 70.8 Å². The van der Waals surface area contributed by atoms with E-state index in [9.17, 15) is 4.79 Å². The first kappa shape index (κ1) is 25.5. The quantitative estimate of drug-likeness (QED) is 0.270. The fourth-order valence-electron chi connectivity index (χ4n) is 5.09. The fourth-order valence-corrected chi connectivity index (χ4v) is 5.09. The van der Waals surface area contributed by atoms with Gasteiger partial charge < -0.3 is 4.98 Å². The average molecular weight is 507 g/mol. The molecule has 5 rings (SSSR count). The average Bonchev–Trinajstić information content (AvgIpc) is 3.40. The smallest absolute Gasteiger partial charge is 0.252 e. The number of hydrogen-bond acceptors (Lipinski definition) is 5. The zero-order valence-corrected chi connectivity index (χ0v) is 22.3. The standard InChI is InChI=1S/C31H34N6O/c1-4-28(30-33-34-35-37(30)18-17-24-11-7-5-8-12-24)36(20-25-13-9-6-10-14-25)21-27-19-26-16-15-22(2)23(3)29(26)32-31(27)38/h5-16,19,28H,4,17-18,20-21H2,1-3H3,(H,32,38)/t28-/m0/s1. The molecule has 0 aliphatic rings. The van der Waals surface area contributed by atoms with Crippen molar-refractivity contribution in [1.29, 1.82) is 0 Å². The number of hydrogen-bond donors (Lipinski definition) is 1. The first-order valence-corrected chi connectivity index (χ1v) is 13.2. The molecular weight excluding hydrogens is 472 g/mol. The third kappa shape index (κ3) is 5.58. The molecule has 2 aromatic heterocycles. The van der Waals surface area contributed by atoms with Gasteiger partial charge in [0.1, 0.15) is 0 Å². The molecule has 0 amide bonds. The Labute approximate surface area is 223 Å². The van der Waals surface area contributed by atoms with Crippen molar-refractivity contribution < 1.29 is 0 Å². The summed E-state index contributed by atoms with van der Waals surface area (Å²) in [6, 6.07) is 26.9. The maximum atomic E-state index is 13.3. The molecule has 0 unspecified atom stereocenters. The van der Waals surface area contributed by atoms with Crippen molar-refractivity contribution in [2.45, 2.75) is 59.3 Å². The van der Waals surface area contributed by atoms with E-state index in [1.165, 1.54) is 16.7 Å². The van der Waals surface area contributed by atoms with Crippen molar-refractivity contribution in [2.75, 3.05) is 0 Å². The molecule has 0 saturated carbocycles. The number of nitrogens with one attached hydrogen (secondary N) is 1. The summed E-state index contributed by atoms with van der Waals surface area (Å²) in [4.78, 5) is 18.7. The van der Waals surface area contributed by atoms with Crippen LogP contribution in [0.15, 0.2) is 83.7 Å². The first-order chi connectivity index (χ1) is 18.5. The first-order valence-electron chi connectivity index (χ1n) is 13.2. The highest BCUT2D eigenvalue weighted by atomic mass is 16.1. The minimum absolute atomic E-state index is 0.0530. The number of aromatic nitrogens is 5. The zero-order valence-electron chi connectivity index (χ0n) is 22.3. The second kappa shape index (κ2) is 11.5. The maximum Gasteiger partial charge on any atom is 0.252 e. The van der Waals surface area contributed by atoms with Gasteiger partial charge in [0.05, 0.1) is 11.6 Å². The number of aryl methyl sites for hydroxylation is 4. The summed E-state index contributed by atoms with van der Waals surface area (Å²) in [5.74, 6) is 0.822. The van der Waals surface area contributed by atoms with Crippen LogP contribution in [0, 0.1) is 13.8 Å². The lowest BCUT2D eigenvalue weighted by Gasteiger charge is -2.30. The van der Waals surface area contributed by atoms with Crippen molar-refractivity contribution in [3.8, 4) is 0 Å². The van der Waals surface area contributed by atoms with Gasteiger partial charge in [0.2, 0.25) is 0 Å². The Hall–Kier alpha value is -4.10. The van der Waals surface area contributed by atoms with E-state index in [0.29, 0.717) is 19.6 Å². The number of pyridine rings is 1. The lowest BCUT2D eigenvalue weighted by atomic mass is 10.0. The molecule has 2 heterocycles. The summed E-state index contributed by atoms with van der Waals surface area (Å²) in [6.45, 7) is 8.12. The molecule has 7 heteroatoms. The Bertz CT molecular complexity index is 1560. The van der Waals surface area contributed by atoms with Crippen LogP contribution in [-0.4, -0.2) is 30.1 Å².